The van der Waals surface area contributed by atoms with Gasteiger partial charge in [0.05, 0.1) is 0 Å². The van der Waals surface area contributed by atoms with Gasteiger partial charge in [0.2, 0.25) is 0 Å². The minimum absolute atomic E-state index is 0.246. The molecular weight excluding hydrogens is 384 g/mol. The number of carbonyl (C=O) groups excluding carboxylic acids is 2. The number of fused-ring (bicyclic) bond motifs is 1. The van der Waals surface area contributed by atoms with Crippen LogP contribution in [0.1, 0.15) is 20.7 Å². The van der Waals surface area contributed by atoms with Gasteiger partial charge in [-0.2, -0.15) is 0 Å². The van der Waals surface area contributed by atoms with Crippen molar-refractivity contribution in [2.45, 2.75) is 0 Å². The molecule has 0 spiro atoms. The molecule has 0 saturated heterocycles. The molecule has 0 aliphatic carbocycles. The fourth-order valence-electron chi connectivity index (χ4n) is 3.07. The standard InChI is InChI=1S/C24H17ClN2O2/c25-19-13-11-17(12-14-19)23(28)26-20-8-3-7-18(15-20)24(29)27-22-10-4-6-16-5-1-2-9-21(16)22/h1-15H,(H,26,28)(H,27,29). The number of hydrogen-bond acceptors (Lipinski definition) is 2. The van der Waals surface area contributed by atoms with Gasteiger partial charge in [0, 0.05) is 32.9 Å². The van der Waals surface area contributed by atoms with Gasteiger partial charge in [-0.05, 0) is 53.9 Å². The van der Waals surface area contributed by atoms with E-state index in [0.717, 1.165) is 16.5 Å². The lowest BCUT2D eigenvalue weighted by atomic mass is 10.1. The number of amides is 2. The summed E-state index contributed by atoms with van der Waals surface area (Å²) in [4.78, 5) is 25.2. The first-order valence-corrected chi connectivity index (χ1v) is 9.44. The van der Waals surface area contributed by atoms with Crippen molar-refractivity contribution in [3.63, 3.8) is 0 Å². The second kappa shape index (κ2) is 8.17. The summed E-state index contributed by atoms with van der Waals surface area (Å²) in [6.07, 6.45) is 0. The van der Waals surface area contributed by atoms with Crippen LogP contribution in [0.4, 0.5) is 11.4 Å². The molecule has 4 rings (SSSR count). The van der Waals surface area contributed by atoms with E-state index in [1.165, 1.54) is 0 Å². The lowest BCUT2D eigenvalue weighted by Gasteiger charge is -2.10. The number of rotatable bonds is 4. The van der Waals surface area contributed by atoms with Crippen molar-refractivity contribution >= 4 is 45.6 Å². The Morgan fingerprint density at radius 2 is 1.34 bits per heavy atom. The molecule has 0 saturated carbocycles. The van der Waals surface area contributed by atoms with Gasteiger partial charge in [-0.1, -0.05) is 54.1 Å². The lowest BCUT2D eigenvalue weighted by Crippen LogP contribution is -2.14. The quantitative estimate of drug-likeness (QED) is 0.441. The summed E-state index contributed by atoms with van der Waals surface area (Å²) in [5, 5.41) is 8.34. The Kier molecular flexibility index (Phi) is 5.27. The van der Waals surface area contributed by atoms with Crippen molar-refractivity contribution in [2.75, 3.05) is 10.6 Å². The average Bonchev–Trinajstić information content (AvgIpc) is 2.74. The van der Waals surface area contributed by atoms with Crippen molar-refractivity contribution in [3.05, 3.63) is 107 Å². The van der Waals surface area contributed by atoms with Gasteiger partial charge in [0.15, 0.2) is 0 Å². The molecule has 5 heteroatoms. The minimum Gasteiger partial charge on any atom is -0.322 e. The highest BCUT2D eigenvalue weighted by atomic mass is 35.5. The largest absolute Gasteiger partial charge is 0.322 e. The monoisotopic (exact) mass is 400 g/mol. The molecule has 0 fully saturated rings. The maximum atomic E-state index is 12.8. The fourth-order valence-corrected chi connectivity index (χ4v) is 3.20. The van der Waals surface area contributed by atoms with E-state index < -0.39 is 0 Å². The van der Waals surface area contributed by atoms with Crippen molar-refractivity contribution in [1.29, 1.82) is 0 Å². The van der Waals surface area contributed by atoms with Gasteiger partial charge < -0.3 is 10.6 Å². The Morgan fingerprint density at radius 1 is 0.655 bits per heavy atom. The minimum atomic E-state index is -0.270. The predicted octanol–water partition coefficient (Wildman–Crippen LogP) is 6.00. The van der Waals surface area contributed by atoms with Gasteiger partial charge in [-0.3, -0.25) is 9.59 Å². The molecule has 2 N–H and O–H groups in total. The molecule has 0 aliphatic heterocycles. The lowest BCUT2D eigenvalue weighted by molar-refractivity contribution is 0.101. The maximum Gasteiger partial charge on any atom is 0.255 e. The third-order valence-corrected chi connectivity index (χ3v) is 4.78. The van der Waals surface area contributed by atoms with E-state index in [1.807, 2.05) is 42.5 Å². The summed E-state index contributed by atoms with van der Waals surface area (Å²) in [5.74, 6) is -0.516. The molecule has 0 aliphatic rings. The van der Waals surface area contributed by atoms with Crippen LogP contribution in [0.25, 0.3) is 10.8 Å². The smallest absolute Gasteiger partial charge is 0.255 e. The summed E-state index contributed by atoms with van der Waals surface area (Å²) < 4.78 is 0. The van der Waals surface area contributed by atoms with Crippen LogP contribution in [0.3, 0.4) is 0 Å². The van der Waals surface area contributed by atoms with Gasteiger partial charge in [0.1, 0.15) is 0 Å². The third-order valence-electron chi connectivity index (χ3n) is 4.53. The molecule has 0 bridgehead atoms. The zero-order valence-corrected chi connectivity index (χ0v) is 16.1. The summed E-state index contributed by atoms with van der Waals surface area (Å²) in [6.45, 7) is 0. The van der Waals surface area contributed by atoms with Crippen LogP contribution in [-0.4, -0.2) is 11.8 Å². The van der Waals surface area contributed by atoms with Gasteiger partial charge >= 0.3 is 0 Å². The Labute approximate surface area is 173 Å². The number of hydrogen-bond donors (Lipinski definition) is 2. The molecule has 142 valence electrons. The second-order valence-electron chi connectivity index (χ2n) is 6.52. The molecule has 0 unspecified atom stereocenters. The third kappa shape index (κ3) is 4.28. The van der Waals surface area contributed by atoms with Crippen LogP contribution in [0, 0.1) is 0 Å². The van der Waals surface area contributed by atoms with E-state index in [1.54, 1.807) is 48.5 Å². The average molecular weight is 401 g/mol. The molecule has 0 heterocycles. The summed E-state index contributed by atoms with van der Waals surface area (Å²) in [7, 11) is 0. The van der Waals surface area contributed by atoms with E-state index in [4.69, 9.17) is 11.6 Å². The van der Waals surface area contributed by atoms with E-state index in [2.05, 4.69) is 10.6 Å². The van der Waals surface area contributed by atoms with Crippen molar-refractivity contribution in [2.24, 2.45) is 0 Å². The topological polar surface area (TPSA) is 58.2 Å². The summed E-state index contributed by atoms with van der Waals surface area (Å²) in [6, 6.07) is 27.1. The van der Waals surface area contributed by atoms with Crippen LogP contribution in [0.5, 0.6) is 0 Å². The van der Waals surface area contributed by atoms with Crippen molar-refractivity contribution in [1.82, 2.24) is 0 Å². The van der Waals surface area contributed by atoms with E-state index >= 15 is 0 Å². The molecule has 0 atom stereocenters. The first-order valence-electron chi connectivity index (χ1n) is 9.06. The first kappa shape index (κ1) is 18.7. The predicted molar refractivity (Wildman–Crippen MR) is 118 cm³/mol. The maximum absolute atomic E-state index is 12.8. The highest BCUT2D eigenvalue weighted by Crippen LogP contribution is 2.24. The molecule has 29 heavy (non-hydrogen) atoms. The Balaban J connectivity index is 1.52. The molecule has 0 aromatic heterocycles. The highest BCUT2D eigenvalue weighted by Gasteiger charge is 2.11. The van der Waals surface area contributed by atoms with E-state index in [-0.39, 0.29) is 11.8 Å². The Morgan fingerprint density at radius 3 is 2.17 bits per heavy atom. The second-order valence-corrected chi connectivity index (χ2v) is 6.96. The van der Waals surface area contributed by atoms with E-state index in [9.17, 15) is 9.59 Å². The molecule has 4 aromatic rings. The number of carbonyl (C=O) groups is 2. The summed E-state index contributed by atoms with van der Waals surface area (Å²) >= 11 is 5.86. The number of anilines is 2. The van der Waals surface area contributed by atoms with Crippen LogP contribution in [0.15, 0.2) is 91.0 Å². The highest BCUT2D eigenvalue weighted by molar-refractivity contribution is 6.30. The first-order chi connectivity index (χ1) is 14.1. The van der Waals surface area contributed by atoms with Crippen LogP contribution in [0.2, 0.25) is 5.02 Å². The molecule has 4 nitrogen and oxygen atoms in total. The van der Waals surface area contributed by atoms with E-state index in [0.29, 0.717) is 21.8 Å². The van der Waals surface area contributed by atoms with Gasteiger partial charge in [-0.15, -0.1) is 0 Å². The van der Waals surface area contributed by atoms with Gasteiger partial charge in [0.25, 0.3) is 11.8 Å². The fraction of sp³-hybridized carbons (Fsp3) is 0. The number of nitrogens with one attached hydrogen (secondary N) is 2. The molecule has 0 radical (unpaired) electrons. The Bertz CT molecular complexity index is 1200. The van der Waals surface area contributed by atoms with Gasteiger partial charge in [-0.25, -0.2) is 0 Å². The van der Waals surface area contributed by atoms with Crippen molar-refractivity contribution in [3.8, 4) is 0 Å². The molecular formula is C24H17ClN2O2. The Hall–Kier alpha value is -3.63. The van der Waals surface area contributed by atoms with Crippen LogP contribution >= 0.6 is 11.6 Å². The normalized spacial score (nSPS) is 10.5. The number of halogens is 1. The number of benzene rings is 4. The zero-order chi connectivity index (χ0) is 20.2. The molecule has 4 aromatic carbocycles. The van der Waals surface area contributed by atoms with Crippen molar-refractivity contribution < 1.29 is 9.59 Å². The molecule has 2 amide bonds. The zero-order valence-electron chi connectivity index (χ0n) is 15.4. The SMILES string of the molecule is O=C(Nc1cccc(C(=O)Nc2cccc3ccccc23)c1)c1ccc(Cl)cc1. The van der Waals surface area contributed by atoms with Crippen LogP contribution < -0.4 is 10.6 Å². The van der Waals surface area contributed by atoms with Crippen LogP contribution in [-0.2, 0) is 0 Å². The summed E-state index contributed by atoms with van der Waals surface area (Å²) in [5.41, 5.74) is 2.21.